The van der Waals surface area contributed by atoms with E-state index in [9.17, 15) is 13.2 Å². The van der Waals surface area contributed by atoms with Gasteiger partial charge in [0.05, 0.1) is 5.02 Å². The molecule has 1 saturated carbocycles. The number of halogens is 1. The second kappa shape index (κ2) is 10.7. The highest BCUT2D eigenvalue weighted by molar-refractivity contribution is 7.99. The lowest BCUT2D eigenvalue weighted by Crippen LogP contribution is -2.27. The Balaban J connectivity index is 1.64. The zero-order valence-electron chi connectivity index (χ0n) is 17.9. The van der Waals surface area contributed by atoms with Gasteiger partial charge in [0, 0.05) is 28.8 Å². The summed E-state index contributed by atoms with van der Waals surface area (Å²) in [5.74, 6) is 0.549. The minimum Gasteiger partial charge on any atom is -0.351 e. The predicted molar refractivity (Wildman–Crippen MR) is 130 cm³/mol. The lowest BCUT2D eigenvalue weighted by molar-refractivity contribution is 0.0956. The maximum atomic E-state index is 12.9. The van der Waals surface area contributed by atoms with E-state index < -0.39 is 10.0 Å². The van der Waals surface area contributed by atoms with E-state index >= 15 is 0 Å². The van der Waals surface area contributed by atoms with E-state index in [4.69, 9.17) is 11.6 Å². The zero-order valence-corrected chi connectivity index (χ0v) is 20.3. The quantitative estimate of drug-likeness (QED) is 0.485. The standard InChI is InChI=1S/C23H29ClN2O3S2/c1-16-12-17(2)14-19(13-16)26-31(28,29)22-15-18(8-9-21(22)24)23(27)25-10-11-30-20-6-4-3-5-7-20/h8-9,12-15,20,26H,3-7,10-11H2,1-2H3,(H,25,27). The van der Waals surface area contributed by atoms with Gasteiger partial charge < -0.3 is 5.32 Å². The fourth-order valence-electron chi connectivity index (χ4n) is 3.82. The third-order valence-electron chi connectivity index (χ3n) is 5.25. The highest BCUT2D eigenvalue weighted by Crippen LogP contribution is 2.28. The minimum atomic E-state index is -3.94. The molecule has 0 unspecified atom stereocenters. The summed E-state index contributed by atoms with van der Waals surface area (Å²) < 4.78 is 28.4. The summed E-state index contributed by atoms with van der Waals surface area (Å²) in [4.78, 5) is 12.4. The Morgan fingerprint density at radius 2 is 1.74 bits per heavy atom. The van der Waals surface area contributed by atoms with E-state index in [1.807, 2.05) is 31.7 Å². The van der Waals surface area contributed by atoms with Crippen molar-refractivity contribution >= 4 is 45.0 Å². The lowest BCUT2D eigenvalue weighted by Gasteiger charge is -2.20. The van der Waals surface area contributed by atoms with Crippen molar-refractivity contribution in [3.8, 4) is 0 Å². The van der Waals surface area contributed by atoms with Crippen LogP contribution in [0.25, 0.3) is 0 Å². The van der Waals surface area contributed by atoms with E-state index in [-0.39, 0.29) is 21.4 Å². The fraction of sp³-hybridized carbons (Fsp3) is 0.435. The molecule has 2 N–H and O–H groups in total. The average molecular weight is 481 g/mol. The van der Waals surface area contributed by atoms with Gasteiger partial charge in [0.2, 0.25) is 0 Å². The molecule has 1 fully saturated rings. The Morgan fingerprint density at radius 3 is 2.42 bits per heavy atom. The van der Waals surface area contributed by atoms with Crippen molar-refractivity contribution in [2.45, 2.75) is 56.1 Å². The number of rotatable bonds is 8. The molecule has 0 atom stereocenters. The molecule has 1 aliphatic carbocycles. The average Bonchev–Trinajstić information content (AvgIpc) is 2.71. The molecule has 1 aliphatic rings. The maximum absolute atomic E-state index is 12.9. The SMILES string of the molecule is Cc1cc(C)cc(NS(=O)(=O)c2cc(C(=O)NCCSC3CCCCC3)ccc2Cl)c1. The van der Waals surface area contributed by atoms with Crippen molar-refractivity contribution in [1.29, 1.82) is 0 Å². The van der Waals surface area contributed by atoms with Crippen molar-refractivity contribution in [2.75, 3.05) is 17.0 Å². The van der Waals surface area contributed by atoms with Gasteiger partial charge in [-0.15, -0.1) is 0 Å². The molecule has 168 valence electrons. The number of hydrogen-bond donors (Lipinski definition) is 2. The topological polar surface area (TPSA) is 75.3 Å². The molecule has 2 aromatic carbocycles. The van der Waals surface area contributed by atoms with E-state index in [2.05, 4.69) is 10.0 Å². The van der Waals surface area contributed by atoms with Crippen LogP contribution < -0.4 is 10.0 Å². The molecule has 0 aliphatic heterocycles. The largest absolute Gasteiger partial charge is 0.351 e. The van der Waals surface area contributed by atoms with Crippen LogP contribution in [0.5, 0.6) is 0 Å². The number of anilines is 1. The van der Waals surface area contributed by atoms with Crippen LogP contribution in [0.1, 0.15) is 53.6 Å². The van der Waals surface area contributed by atoms with Crippen LogP contribution in [0.15, 0.2) is 41.3 Å². The van der Waals surface area contributed by atoms with Crippen molar-refractivity contribution < 1.29 is 13.2 Å². The van der Waals surface area contributed by atoms with Crippen LogP contribution in [0.4, 0.5) is 5.69 Å². The number of nitrogens with one attached hydrogen (secondary N) is 2. The van der Waals surface area contributed by atoms with Gasteiger partial charge in [0.25, 0.3) is 15.9 Å². The molecule has 0 aromatic heterocycles. The highest BCUT2D eigenvalue weighted by atomic mass is 35.5. The van der Waals surface area contributed by atoms with Crippen molar-refractivity contribution in [1.82, 2.24) is 5.32 Å². The Morgan fingerprint density at radius 1 is 1.06 bits per heavy atom. The summed E-state index contributed by atoms with van der Waals surface area (Å²) in [6.07, 6.45) is 6.42. The van der Waals surface area contributed by atoms with E-state index in [0.29, 0.717) is 17.5 Å². The van der Waals surface area contributed by atoms with Gasteiger partial charge in [-0.2, -0.15) is 11.8 Å². The third kappa shape index (κ3) is 6.89. The Labute approximate surface area is 194 Å². The molecule has 0 heterocycles. The van der Waals surface area contributed by atoms with Crippen molar-refractivity contribution in [3.05, 3.63) is 58.1 Å². The fourth-order valence-corrected chi connectivity index (χ4v) is 6.61. The first kappa shape index (κ1) is 24.0. The number of thioether (sulfide) groups is 1. The Bertz CT molecular complexity index is 1010. The van der Waals surface area contributed by atoms with Crippen LogP contribution >= 0.6 is 23.4 Å². The van der Waals surface area contributed by atoms with Crippen LogP contribution in [0.3, 0.4) is 0 Å². The highest BCUT2D eigenvalue weighted by Gasteiger charge is 2.21. The molecule has 0 saturated heterocycles. The number of sulfonamides is 1. The first-order valence-corrected chi connectivity index (χ1v) is 13.5. The molecule has 31 heavy (non-hydrogen) atoms. The summed E-state index contributed by atoms with van der Waals surface area (Å²) in [6, 6.07) is 9.78. The minimum absolute atomic E-state index is 0.0706. The van der Waals surface area contributed by atoms with Gasteiger partial charge in [-0.3, -0.25) is 9.52 Å². The molecule has 0 radical (unpaired) electrons. The molecule has 5 nitrogen and oxygen atoms in total. The lowest BCUT2D eigenvalue weighted by atomic mass is 10.0. The summed E-state index contributed by atoms with van der Waals surface area (Å²) in [7, 11) is -3.94. The van der Waals surface area contributed by atoms with Gasteiger partial charge in [-0.25, -0.2) is 8.42 Å². The molecule has 1 amide bonds. The smallest absolute Gasteiger partial charge is 0.263 e. The summed E-state index contributed by atoms with van der Waals surface area (Å²) >= 11 is 8.08. The van der Waals surface area contributed by atoms with Gasteiger partial charge in [-0.05, 0) is 68.1 Å². The van der Waals surface area contributed by atoms with Crippen LogP contribution in [-0.2, 0) is 10.0 Å². The molecule has 2 aromatic rings. The predicted octanol–water partition coefficient (Wildman–Crippen LogP) is 5.55. The monoisotopic (exact) mass is 480 g/mol. The van der Waals surface area contributed by atoms with Gasteiger partial charge in [0.15, 0.2) is 0 Å². The second-order valence-corrected chi connectivity index (χ2v) is 11.5. The number of benzene rings is 2. The van der Waals surface area contributed by atoms with Gasteiger partial charge in [-0.1, -0.05) is 36.9 Å². The number of amides is 1. The van der Waals surface area contributed by atoms with Crippen LogP contribution in [0.2, 0.25) is 5.02 Å². The maximum Gasteiger partial charge on any atom is 0.263 e. The molecule has 0 bridgehead atoms. The van der Waals surface area contributed by atoms with E-state index in [0.717, 1.165) is 16.9 Å². The molecule has 8 heteroatoms. The summed E-state index contributed by atoms with van der Waals surface area (Å²) in [6.45, 7) is 4.34. The molecular weight excluding hydrogens is 452 g/mol. The van der Waals surface area contributed by atoms with Crippen LogP contribution in [0, 0.1) is 13.8 Å². The number of carbonyl (C=O) groups excluding carboxylic acids is 1. The van der Waals surface area contributed by atoms with Crippen molar-refractivity contribution in [3.63, 3.8) is 0 Å². The molecule has 0 spiro atoms. The molecule has 3 rings (SSSR count). The second-order valence-electron chi connectivity index (χ2n) is 8.01. The van der Waals surface area contributed by atoms with E-state index in [1.165, 1.54) is 44.2 Å². The van der Waals surface area contributed by atoms with E-state index in [1.54, 1.807) is 18.2 Å². The summed E-state index contributed by atoms with van der Waals surface area (Å²) in [5, 5.41) is 3.64. The zero-order chi connectivity index (χ0) is 22.4. The van der Waals surface area contributed by atoms with Crippen LogP contribution in [-0.4, -0.2) is 31.9 Å². The number of aryl methyl sites for hydroxylation is 2. The van der Waals surface area contributed by atoms with Gasteiger partial charge >= 0.3 is 0 Å². The Hall–Kier alpha value is -1.70. The normalized spacial score (nSPS) is 14.9. The Kier molecular flexibility index (Phi) is 8.30. The third-order valence-corrected chi connectivity index (χ3v) is 8.50. The van der Waals surface area contributed by atoms with Gasteiger partial charge in [0.1, 0.15) is 4.90 Å². The number of hydrogen-bond acceptors (Lipinski definition) is 4. The number of carbonyl (C=O) groups is 1. The first-order valence-electron chi connectivity index (χ1n) is 10.5. The first-order chi connectivity index (χ1) is 14.7. The van der Waals surface area contributed by atoms with Crippen molar-refractivity contribution in [2.24, 2.45) is 0 Å². The molecular formula is C23H29ClN2O3S2. The summed E-state index contributed by atoms with van der Waals surface area (Å²) in [5.41, 5.74) is 2.63.